The van der Waals surface area contributed by atoms with E-state index in [1.165, 1.54) is 7.11 Å². The number of hydrogen-bond acceptors (Lipinski definition) is 3. The third-order valence-electron chi connectivity index (χ3n) is 2.75. The SMILES string of the molecule is COC(=O)c1ccc(COc2cc(F)ccc2F)c(Br)c1. The van der Waals surface area contributed by atoms with Gasteiger partial charge in [-0.15, -0.1) is 0 Å². The van der Waals surface area contributed by atoms with Crippen LogP contribution in [0.25, 0.3) is 0 Å². The van der Waals surface area contributed by atoms with Crippen LogP contribution in [-0.2, 0) is 11.3 Å². The van der Waals surface area contributed by atoms with E-state index in [9.17, 15) is 13.6 Å². The van der Waals surface area contributed by atoms with E-state index in [1.807, 2.05) is 0 Å². The fourth-order valence-corrected chi connectivity index (χ4v) is 2.15. The maximum atomic E-state index is 13.4. The molecule has 0 fully saturated rings. The van der Waals surface area contributed by atoms with E-state index >= 15 is 0 Å². The lowest BCUT2D eigenvalue weighted by molar-refractivity contribution is 0.0600. The van der Waals surface area contributed by atoms with E-state index in [4.69, 9.17) is 4.74 Å². The largest absolute Gasteiger partial charge is 0.486 e. The van der Waals surface area contributed by atoms with Crippen molar-refractivity contribution in [3.05, 3.63) is 63.6 Å². The molecule has 3 nitrogen and oxygen atoms in total. The van der Waals surface area contributed by atoms with Gasteiger partial charge in [0, 0.05) is 16.1 Å². The zero-order chi connectivity index (χ0) is 15.4. The van der Waals surface area contributed by atoms with E-state index in [0.29, 0.717) is 15.6 Å². The third kappa shape index (κ3) is 3.78. The summed E-state index contributed by atoms with van der Waals surface area (Å²) in [6, 6.07) is 7.78. The van der Waals surface area contributed by atoms with Crippen molar-refractivity contribution in [3.8, 4) is 5.75 Å². The number of halogens is 3. The monoisotopic (exact) mass is 356 g/mol. The summed E-state index contributed by atoms with van der Waals surface area (Å²) in [4.78, 5) is 11.4. The van der Waals surface area contributed by atoms with Crippen LogP contribution in [0.2, 0.25) is 0 Å². The first-order chi connectivity index (χ1) is 10.0. The van der Waals surface area contributed by atoms with E-state index in [-0.39, 0.29) is 12.4 Å². The molecule has 0 amide bonds. The van der Waals surface area contributed by atoms with Crippen molar-refractivity contribution in [2.24, 2.45) is 0 Å². The molecule has 0 aliphatic carbocycles. The number of methoxy groups -OCH3 is 1. The minimum absolute atomic E-state index is 0.0302. The van der Waals surface area contributed by atoms with Gasteiger partial charge in [-0.25, -0.2) is 13.6 Å². The molecule has 0 aromatic heterocycles. The number of hydrogen-bond donors (Lipinski definition) is 0. The maximum absolute atomic E-state index is 13.4. The molecule has 2 aromatic carbocycles. The van der Waals surface area contributed by atoms with Gasteiger partial charge in [-0.05, 0) is 24.3 Å². The summed E-state index contributed by atoms with van der Waals surface area (Å²) >= 11 is 3.30. The third-order valence-corrected chi connectivity index (χ3v) is 3.49. The second kappa shape index (κ2) is 6.67. The topological polar surface area (TPSA) is 35.5 Å². The molecule has 0 spiro atoms. The van der Waals surface area contributed by atoms with Crippen molar-refractivity contribution in [3.63, 3.8) is 0 Å². The fraction of sp³-hybridized carbons (Fsp3) is 0.133. The van der Waals surface area contributed by atoms with Gasteiger partial charge in [0.2, 0.25) is 0 Å². The molecule has 0 aliphatic heterocycles. The lowest BCUT2D eigenvalue weighted by Crippen LogP contribution is -2.03. The molecule has 21 heavy (non-hydrogen) atoms. The normalized spacial score (nSPS) is 10.3. The summed E-state index contributed by atoms with van der Waals surface area (Å²) in [7, 11) is 1.29. The van der Waals surface area contributed by atoms with Crippen molar-refractivity contribution in [1.29, 1.82) is 0 Å². The predicted octanol–water partition coefficient (Wildman–Crippen LogP) is 4.09. The van der Waals surface area contributed by atoms with Crippen molar-refractivity contribution in [1.82, 2.24) is 0 Å². The van der Waals surface area contributed by atoms with Crippen LogP contribution in [0.1, 0.15) is 15.9 Å². The van der Waals surface area contributed by atoms with Gasteiger partial charge in [0.25, 0.3) is 0 Å². The number of esters is 1. The fourth-order valence-electron chi connectivity index (χ4n) is 1.65. The Morgan fingerprint density at radius 1 is 1.19 bits per heavy atom. The zero-order valence-electron chi connectivity index (χ0n) is 11.0. The summed E-state index contributed by atoms with van der Waals surface area (Å²) < 4.78 is 36.9. The highest BCUT2D eigenvalue weighted by molar-refractivity contribution is 9.10. The van der Waals surface area contributed by atoms with Gasteiger partial charge in [0.05, 0.1) is 12.7 Å². The van der Waals surface area contributed by atoms with Crippen LogP contribution in [0.15, 0.2) is 40.9 Å². The Balaban J connectivity index is 2.13. The minimum Gasteiger partial charge on any atom is -0.486 e. The molecule has 0 radical (unpaired) electrons. The molecule has 0 saturated carbocycles. The summed E-state index contributed by atoms with van der Waals surface area (Å²) in [6.07, 6.45) is 0. The lowest BCUT2D eigenvalue weighted by atomic mass is 10.1. The standard InChI is InChI=1S/C15H11BrF2O3/c1-20-15(19)9-2-3-10(12(16)6-9)8-21-14-7-11(17)4-5-13(14)18/h2-7H,8H2,1H3. The van der Waals surface area contributed by atoms with Gasteiger partial charge < -0.3 is 9.47 Å². The molecule has 6 heteroatoms. The second-order valence-electron chi connectivity index (χ2n) is 4.16. The van der Waals surface area contributed by atoms with Gasteiger partial charge in [0.15, 0.2) is 11.6 Å². The van der Waals surface area contributed by atoms with E-state index in [2.05, 4.69) is 20.7 Å². The van der Waals surface area contributed by atoms with Crippen molar-refractivity contribution in [2.45, 2.75) is 6.61 Å². The van der Waals surface area contributed by atoms with E-state index in [1.54, 1.807) is 18.2 Å². The molecule has 110 valence electrons. The van der Waals surface area contributed by atoms with Gasteiger partial charge in [-0.1, -0.05) is 22.0 Å². The molecule has 0 aliphatic rings. The molecule has 0 saturated heterocycles. The smallest absolute Gasteiger partial charge is 0.337 e. The van der Waals surface area contributed by atoms with Crippen LogP contribution in [0.4, 0.5) is 8.78 Å². The van der Waals surface area contributed by atoms with Crippen LogP contribution < -0.4 is 4.74 Å². The molecule has 2 aromatic rings. The molecule has 0 atom stereocenters. The predicted molar refractivity (Wildman–Crippen MR) is 76.2 cm³/mol. The van der Waals surface area contributed by atoms with Crippen molar-refractivity contribution < 1.29 is 23.0 Å². The van der Waals surface area contributed by atoms with Crippen LogP contribution in [0, 0.1) is 11.6 Å². The van der Waals surface area contributed by atoms with Gasteiger partial charge in [-0.2, -0.15) is 0 Å². The minimum atomic E-state index is -0.640. The highest BCUT2D eigenvalue weighted by atomic mass is 79.9. The quantitative estimate of drug-likeness (QED) is 0.774. The number of rotatable bonds is 4. The second-order valence-corrected chi connectivity index (χ2v) is 5.02. The first-order valence-electron chi connectivity index (χ1n) is 5.96. The highest BCUT2D eigenvalue weighted by Crippen LogP contribution is 2.23. The van der Waals surface area contributed by atoms with Gasteiger partial charge >= 0.3 is 5.97 Å². The highest BCUT2D eigenvalue weighted by Gasteiger charge is 2.10. The van der Waals surface area contributed by atoms with Crippen molar-refractivity contribution in [2.75, 3.05) is 7.11 Å². The average Bonchev–Trinajstić information content (AvgIpc) is 2.48. The Hall–Kier alpha value is -1.95. The van der Waals surface area contributed by atoms with Crippen LogP contribution in [-0.4, -0.2) is 13.1 Å². The molecule has 2 rings (SSSR count). The first kappa shape index (κ1) is 15.4. The Labute approximate surface area is 128 Å². The van der Waals surface area contributed by atoms with E-state index < -0.39 is 17.6 Å². The Kier molecular flexibility index (Phi) is 4.90. The first-order valence-corrected chi connectivity index (χ1v) is 6.75. The molecule has 0 N–H and O–H groups in total. The summed E-state index contributed by atoms with van der Waals surface area (Å²) in [5.41, 5.74) is 1.07. The molecular formula is C15H11BrF2O3. The Bertz CT molecular complexity index is 674. The number of benzene rings is 2. The number of ether oxygens (including phenoxy) is 2. The zero-order valence-corrected chi connectivity index (χ0v) is 12.6. The van der Waals surface area contributed by atoms with Gasteiger partial charge in [-0.3, -0.25) is 0 Å². The Morgan fingerprint density at radius 2 is 1.95 bits per heavy atom. The average molecular weight is 357 g/mol. The number of carbonyl (C=O) groups excluding carboxylic acids is 1. The molecule has 0 unspecified atom stereocenters. The van der Waals surface area contributed by atoms with Crippen LogP contribution >= 0.6 is 15.9 Å². The molecular weight excluding hydrogens is 346 g/mol. The Morgan fingerprint density at radius 3 is 2.62 bits per heavy atom. The molecule has 0 heterocycles. The van der Waals surface area contributed by atoms with Gasteiger partial charge in [0.1, 0.15) is 12.4 Å². The van der Waals surface area contributed by atoms with Crippen LogP contribution in [0.5, 0.6) is 5.75 Å². The van der Waals surface area contributed by atoms with Crippen molar-refractivity contribution >= 4 is 21.9 Å². The maximum Gasteiger partial charge on any atom is 0.337 e. The summed E-state index contributed by atoms with van der Waals surface area (Å²) in [5.74, 6) is -1.84. The van der Waals surface area contributed by atoms with Crippen LogP contribution in [0.3, 0.4) is 0 Å². The summed E-state index contributed by atoms with van der Waals surface area (Å²) in [5, 5.41) is 0. The summed E-state index contributed by atoms with van der Waals surface area (Å²) in [6.45, 7) is 0.0302. The van der Waals surface area contributed by atoms with E-state index in [0.717, 1.165) is 18.2 Å². The molecule has 0 bridgehead atoms. The number of carbonyl (C=O) groups is 1. The lowest BCUT2D eigenvalue weighted by Gasteiger charge is -2.10.